The molecular formula is C20H24N4OS. The van der Waals surface area contributed by atoms with Crippen LogP contribution < -0.4 is 0 Å². The van der Waals surface area contributed by atoms with Gasteiger partial charge >= 0.3 is 0 Å². The van der Waals surface area contributed by atoms with Crippen LogP contribution in [0.4, 0.5) is 0 Å². The van der Waals surface area contributed by atoms with Gasteiger partial charge in [0, 0.05) is 26.2 Å². The number of hydrogen-bond donors (Lipinski definition) is 0. The Balaban J connectivity index is 1.19. The summed E-state index contributed by atoms with van der Waals surface area (Å²) in [6.45, 7) is 6.26. The minimum atomic E-state index is 0.703. The number of nitrogens with zero attached hydrogens (tertiary/aromatic N) is 4. The summed E-state index contributed by atoms with van der Waals surface area (Å²) in [5.41, 5.74) is 1.43. The lowest BCUT2D eigenvalue weighted by atomic mass is 10.1. The number of aromatic nitrogens is 2. The van der Waals surface area contributed by atoms with Crippen LogP contribution in [0.1, 0.15) is 17.9 Å². The van der Waals surface area contributed by atoms with E-state index >= 15 is 0 Å². The molecule has 0 atom stereocenters. The molecule has 1 fully saturated rings. The number of rotatable bonds is 7. The number of thiophene rings is 1. The van der Waals surface area contributed by atoms with Crippen molar-refractivity contribution in [1.82, 2.24) is 19.9 Å². The smallest absolute Gasteiger partial charge is 0.241 e. The zero-order valence-corrected chi connectivity index (χ0v) is 15.7. The standard InChI is InChI=1S/C20H24N4OS/c1-2-6-17(7-3-1)8-4-10-23-11-13-24(14-12-23)16-19-21-20(22-25-19)18-9-5-15-26-18/h1-3,5-7,9,15H,4,8,10-14,16H2. The second kappa shape index (κ2) is 8.58. The van der Waals surface area contributed by atoms with E-state index in [0.717, 1.165) is 44.0 Å². The highest BCUT2D eigenvalue weighted by atomic mass is 32.1. The molecule has 3 aromatic rings. The summed E-state index contributed by atoms with van der Waals surface area (Å²) in [6.07, 6.45) is 2.38. The van der Waals surface area contributed by atoms with Crippen molar-refractivity contribution in [3.05, 3.63) is 59.3 Å². The molecule has 4 rings (SSSR count). The van der Waals surface area contributed by atoms with E-state index in [1.807, 2.05) is 17.5 Å². The molecule has 2 aromatic heterocycles. The first-order valence-corrected chi connectivity index (χ1v) is 10.1. The van der Waals surface area contributed by atoms with Gasteiger partial charge in [0.25, 0.3) is 0 Å². The van der Waals surface area contributed by atoms with E-state index < -0.39 is 0 Å². The van der Waals surface area contributed by atoms with E-state index in [-0.39, 0.29) is 0 Å². The first-order valence-electron chi connectivity index (χ1n) is 9.22. The van der Waals surface area contributed by atoms with Crippen molar-refractivity contribution in [1.29, 1.82) is 0 Å². The van der Waals surface area contributed by atoms with Gasteiger partial charge < -0.3 is 9.42 Å². The summed E-state index contributed by atoms with van der Waals surface area (Å²) < 4.78 is 5.42. The zero-order chi connectivity index (χ0) is 17.6. The van der Waals surface area contributed by atoms with Gasteiger partial charge in [0.05, 0.1) is 11.4 Å². The SMILES string of the molecule is c1ccc(CCCN2CCN(Cc3nc(-c4cccs4)no3)CC2)cc1. The van der Waals surface area contributed by atoms with Crippen LogP contribution in [0, 0.1) is 0 Å². The maximum atomic E-state index is 5.42. The van der Waals surface area contributed by atoms with Crippen LogP contribution in [0.2, 0.25) is 0 Å². The van der Waals surface area contributed by atoms with Gasteiger partial charge in [-0.3, -0.25) is 4.90 Å². The fraction of sp³-hybridized carbons (Fsp3) is 0.400. The Morgan fingerprint density at radius 2 is 1.77 bits per heavy atom. The molecule has 1 saturated heterocycles. The van der Waals surface area contributed by atoms with Crippen LogP contribution in [-0.4, -0.2) is 52.7 Å². The summed E-state index contributed by atoms with van der Waals surface area (Å²) in [7, 11) is 0. The highest BCUT2D eigenvalue weighted by molar-refractivity contribution is 7.13. The molecule has 0 saturated carbocycles. The molecule has 5 nitrogen and oxygen atoms in total. The van der Waals surface area contributed by atoms with Crippen molar-refractivity contribution in [2.75, 3.05) is 32.7 Å². The van der Waals surface area contributed by atoms with Gasteiger partial charge in [0.15, 0.2) is 0 Å². The zero-order valence-electron chi connectivity index (χ0n) is 14.9. The Kier molecular flexibility index (Phi) is 5.74. The summed E-state index contributed by atoms with van der Waals surface area (Å²) in [4.78, 5) is 10.5. The Hall–Kier alpha value is -2.02. The van der Waals surface area contributed by atoms with Crippen LogP contribution in [-0.2, 0) is 13.0 Å². The van der Waals surface area contributed by atoms with Crippen molar-refractivity contribution >= 4 is 11.3 Å². The maximum Gasteiger partial charge on any atom is 0.241 e. The normalized spacial score (nSPS) is 16.2. The number of hydrogen-bond acceptors (Lipinski definition) is 6. The largest absolute Gasteiger partial charge is 0.338 e. The maximum absolute atomic E-state index is 5.42. The van der Waals surface area contributed by atoms with Crippen molar-refractivity contribution in [2.45, 2.75) is 19.4 Å². The predicted octanol–water partition coefficient (Wildman–Crippen LogP) is 3.55. The fourth-order valence-corrected chi connectivity index (χ4v) is 3.99. The first-order chi connectivity index (χ1) is 12.9. The van der Waals surface area contributed by atoms with Crippen LogP contribution >= 0.6 is 11.3 Å². The Morgan fingerprint density at radius 3 is 2.54 bits per heavy atom. The molecule has 1 aliphatic heterocycles. The lowest BCUT2D eigenvalue weighted by molar-refractivity contribution is 0.116. The molecule has 26 heavy (non-hydrogen) atoms. The molecule has 0 amide bonds. The molecule has 0 spiro atoms. The molecule has 6 heteroatoms. The van der Waals surface area contributed by atoms with E-state index in [9.17, 15) is 0 Å². The van der Waals surface area contributed by atoms with Crippen molar-refractivity contribution < 1.29 is 4.52 Å². The van der Waals surface area contributed by atoms with Crippen molar-refractivity contribution in [3.8, 4) is 10.7 Å². The van der Waals surface area contributed by atoms with Crippen LogP contribution in [0.15, 0.2) is 52.4 Å². The lowest BCUT2D eigenvalue weighted by Crippen LogP contribution is -2.46. The van der Waals surface area contributed by atoms with Gasteiger partial charge in [0.1, 0.15) is 0 Å². The molecule has 3 heterocycles. The summed E-state index contributed by atoms with van der Waals surface area (Å²) in [5.74, 6) is 1.42. The van der Waals surface area contributed by atoms with E-state index in [0.29, 0.717) is 11.7 Å². The summed E-state index contributed by atoms with van der Waals surface area (Å²) in [5, 5.41) is 6.13. The van der Waals surface area contributed by atoms with E-state index in [2.05, 4.69) is 50.3 Å². The van der Waals surface area contributed by atoms with Crippen molar-refractivity contribution in [3.63, 3.8) is 0 Å². The minimum Gasteiger partial charge on any atom is -0.338 e. The Labute approximate surface area is 158 Å². The highest BCUT2D eigenvalue weighted by Gasteiger charge is 2.19. The molecule has 1 aliphatic rings. The van der Waals surface area contributed by atoms with E-state index in [1.54, 1.807) is 11.3 Å². The van der Waals surface area contributed by atoms with Crippen LogP contribution in [0.5, 0.6) is 0 Å². The molecule has 0 aliphatic carbocycles. The molecule has 0 N–H and O–H groups in total. The van der Waals surface area contributed by atoms with Gasteiger partial charge in [-0.15, -0.1) is 11.3 Å². The van der Waals surface area contributed by atoms with Crippen molar-refractivity contribution in [2.24, 2.45) is 0 Å². The second-order valence-electron chi connectivity index (χ2n) is 6.70. The highest BCUT2D eigenvalue weighted by Crippen LogP contribution is 2.21. The van der Waals surface area contributed by atoms with Gasteiger partial charge in [-0.2, -0.15) is 4.98 Å². The van der Waals surface area contributed by atoms with E-state index in [1.165, 1.54) is 18.5 Å². The fourth-order valence-electron chi connectivity index (χ4n) is 3.34. The summed E-state index contributed by atoms with van der Waals surface area (Å²) >= 11 is 1.64. The minimum absolute atomic E-state index is 0.703. The Morgan fingerprint density at radius 1 is 0.962 bits per heavy atom. The third-order valence-electron chi connectivity index (χ3n) is 4.82. The average Bonchev–Trinajstić information content (AvgIpc) is 3.36. The van der Waals surface area contributed by atoms with Crippen LogP contribution in [0.3, 0.4) is 0 Å². The van der Waals surface area contributed by atoms with Gasteiger partial charge in [-0.05, 0) is 36.4 Å². The lowest BCUT2D eigenvalue weighted by Gasteiger charge is -2.33. The third kappa shape index (κ3) is 4.58. The molecule has 0 radical (unpaired) electrons. The molecule has 0 unspecified atom stereocenters. The topological polar surface area (TPSA) is 45.4 Å². The molecule has 136 valence electrons. The van der Waals surface area contributed by atoms with E-state index in [4.69, 9.17) is 4.52 Å². The Bertz CT molecular complexity index is 779. The quantitative estimate of drug-likeness (QED) is 0.638. The van der Waals surface area contributed by atoms with Gasteiger partial charge in [-0.1, -0.05) is 41.6 Å². The molecular weight excluding hydrogens is 344 g/mol. The number of aryl methyl sites for hydroxylation is 1. The second-order valence-corrected chi connectivity index (χ2v) is 7.64. The third-order valence-corrected chi connectivity index (χ3v) is 5.68. The van der Waals surface area contributed by atoms with Gasteiger partial charge in [0.2, 0.25) is 11.7 Å². The van der Waals surface area contributed by atoms with Crippen LogP contribution in [0.25, 0.3) is 10.7 Å². The predicted molar refractivity (Wildman–Crippen MR) is 104 cm³/mol. The number of piperazine rings is 1. The molecule has 1 aromatic carbocycles. The average molecular weight is 369 g/mol. The summed E-state index contributed by atoms with van der Waals surface area (Å²) in [6, 6.07) is 14.8. The molecule has 0 bridgehead atoms. The van der Waals surface area contributed by atoms with Gasteiger partial charge in [-0.25, -0.2) is 0 Å². The first kappa shape index (κ1) is 17.4. The monoisotopic (exact) mass is 368 g/mol. The number of benzene rings is 1.